The zero-order valence-corrected chi connectivity index (χ0v) is 12.9. The minimum Gasteiger partial charge on any atom is -0.325 e. The summed E-state index contributed by atoms with van der Waals surface area (Å²) in [5.41, 5.74) is 1.64. The van der Waals surface area contributed by atoms with Crippen LogP contribution >= 0.6 is 0 Å². The molecule has 1 aromatic carbocycles. The van der Waals surface area contributed by atoms with E-state index in [1.807, 2.05) is 32.0 Å². The van der Waals surface area contributed by atoms with Crippen LogP contribution in [0.4, 0.5) is 5.69 Å². The van der Waals surface area contributed by atoms with Crippen LogP contribution in [0.2, 0.25) is 0 Å². The van der Waals surface area contributed by atoms with E-state index in [-0.39, 0.29) is 11.7 Å². The van der Waals surface area contributed by atoms with Crippen LogP contribution < -0.4 is 5.32 Å². The van der Waals surface area contributed by atoms with E-state index in [1.54, 1.807) is 6.07 Å². The van der Waals surface area contributed by atoms with E-state index in [9.17, 15) is 13.2 Å². The van der Waals surface area contributed by atoms with Crippen molar-refractivity contribution in [3.8, 4) is 0 Å². The van der Waals surface area contributed by atoms with Gasteiger partial charge in [-0.05, 0) is 24.5 Å². The maximum Gasteiger partial charge on any atom is 0.242 e. The third-order valence-corrected chi connectivity index (χ3v) is 5.09. The number of carbonyl (C=O) groups excluding carboxylic acids is 1. The van der Waals surface area contributed by atoms with Gasteiger partial charge in [-0.15, -0.1) is 6.58 Å². The minimum atomic E-state index is -3.49. The van der Waals surface area contributed by atoms with Crippen molar-refractivity contribution in [3.05, 3.63) is 42.5 Å². The van der Waals surface area contributed by atoms with Gasteiger partial charge >= 0.3 is 0 Å². The lowest BCUT2D eigenvalue weighted by Gasteiger charge is -2.16. The van der Waals surface area contributed by atoms with E-state index in [0.29, 0.717) is 5.69 Å². The van der Waals surface area contributed by atoms with Crippen LogP contribution in [-0.4, -0.2) is 25.3 Å². The van der Waals surface area contributed by atoms with E-state index in [2.05, 4.69) is 11.9 Å². The van der Waals surface area contributed by atoms with Crippen LogP contribution in [0.3, 0.4) is 0 Å². The van der Waals surface area contributed by atoms with E-state index < -0.39 is 21.0 Å². The summed E-state index contributed by atoms with van der Waals surface area (Å²) >= 11 is 0. The first kappa shape index (κ1) is 16.4. The van der Waals surface area contributed by atoms with Crippen LogP contribution in [0.15, 0.2) is 36.9 Å². The largest absolute Gasteiger partial charge is 0.325 e. The van der Waals surface area contributed by atoms with Gasteiger partial charge in [0.15, 0.2) is 9.84 Å². The minimum absolute atomic E-state index is 0.201. The highest BCUT2D eigenvalue weighted by atomic mass is 32.2. The zero-order valence-electron chi connectivity index (χ0n) is 12.1. The summed E-state index contributed by atoms with van der Waals surface area (Å²) in [5.74, 6) is -0.473. The lowest BCUT2D eigenvalue weighted by molar-refractivity contribution is -0.115. The monoisotopic (exact) mass is 295 g/mol. The summed E-state index contributed by atoms with van der Waals surface area (Å²) in [6.45, 7) is 8.83. The number of hydrogen-bond acceptors (Lipinski definition) is 3. The maximum absolute atomic E-state index is 12.1. The average molecular weight is 295 g/mol. The van der Waals surface area contributed by atoms with Crippen LogP contribution in [0.5, 0.6) is 0 Å². The molecule has 0 heterocycles. The van der Waals surface area contributed by atoms with Crippen molar-refractivity contribution in [1.82, 2.24) is 0 Å². The third kappa shape index (κ3) is 3.93. The predicted molar refractivity (Wildman–Crippen MR) is 82.6 cm³/mol. The predicted octanol–water partition coefficient (Wildman–Crippen LogP) is 2.74. The summed E-state index contributed by atoms with van der Waals surface area (Å²) in [5, 5.41) is 1.61. The topological polar surface area (TPSA) is 63.2 Å². The molecular formula is C15H21NO3S. The molecule has 1 unspecified atom stereocenters. The van der Waals surface area contributed by atoms with Gasteiger partial charge in [0.2, 0.25) is 5.91 Å². The lowest BCUT2D eigenvalue weighted by Crippen LogP contribution is -2.34. The van der Waals surface area contributed by atoms with E-state index >= 15 is 0 Å². The second-order valence-corrected chi connectivity index (χ2v) is 7.36. The van der Waals surface area contributed by atoms with Crippen molar-refractivity contribution < 1.29 is 13.2 Å². The first-order valence-corrected chi connectivity index (χ1v) is 8.23. The number of amides is 1. The fourth-order valence-electron chi connectivity index (χ4n) is 1.82. The second-order valence-electron chi connectivity index (χ2n) is 4.99. The van der Waals surface area contributed by atoms with Crippen molar-refractivity contribution in [3.63, 3.8) is 0 Å². The molecule has 0 bridgehead atoms. The van der Waals surface area contributed by atoms with Crippen molar-refractivity contribution in [2.45, 2.75) is 31.9 Å². The quantitative estimate of drug-likeness (QED) is 0.821. The summed E-state index contributed by atoms with van der Waals surface area (Å²) in [6.07, 6.45) is 1.29. The molecule has 20 heavy (non-hydrogen) atoms. The zero-order chi connectivity index (χ0) is 15.3. The molecule has 0 saturated heterocycles. The summed E-state index contributed by atoms with van der Waals surface area (Å²) in [6, 6.07) is 7.40. The van der Waals surface area contributed by atoms with Crippen molar-refractivity contribution >= 4 is 21.4 Å². The van der Waals surface area contributed by atoms with Gasteiger partial charge in [0.1, 0.15) is 5.25 Å². The molecule has 1 atom stereocenters. The summed E-state index contributed by atoms with van der Waals surface area (Å²) < 4.78 is 23.7. The van der Waals surface area contributed by atoms with Gasteiger partial charge in [0, 0.05) is 5.69 Å². The van der Waals surface area contributed by atoms with Gasteiger partial charge in [-0.25, -0.2) is 8.42 Å². The Hall–Kier alpha value is -1.62. The van der Waals surface area contributed by atoms with Gasteiger partial charge < -0.3 is 5.32 Å². The van der Waals surface area contributed by atoms with Gasteiger partial charge in [-0.1, -0.05) is 38.1 Å². The van der Waals surface area contributed by atoms with Crippen LogP contribution in [0, 0.1) is 0 Å². The Morgan fingerprint density at radius 1 is 1.30 bits per heavy atom. The first-order chi connectivity index (χ1) is 9.29. The summed E-state index contributed by atoms with van der Waals surface area (Å²) in [4.78, 5) is 12.1. The Morgan fingerprint density at radius 2 is 1.90 bits per heavy atom. The number of sulfone groups is 1. The number of nitrogens with one attached hydrogen (secondary N) is 1. The maximum atomic E-state index is 12.1. The Bertz CT molecular complexity index is 591. The highest BCUT2D eigenvalue weighted by Crippen LogP contribution is 2.24. The lowest BCUT2D eigenvalue weighted by atomic mass is 10.0. The molecule has 1 amide bonds. The molecule has 1 rings (SSSR count). The van der Waals surface area contributed by atoms with Gasteiger partial charge in [0.25, 0.3) is 0 Å². The molecule has 0 saturated carbocycles. The van der Waals surface area contributed by atoms with Gasteiger partial charge in [-0.3, -0.25) is 4.79 Å². The first-order valence-electron chi connectivity index (χ1n) is 6.52. The van der Waals surface area contributed by atoms with E-state index in [1.165, 1.54) is 13.0 Å². The smallest absolute Gasteiger partial charge is 0.242 e. The van der Waals surface area contributed by atoms with Crippen LogP contribution in [0.25, 0.3) is 0 Å². The Morgan fingerprint density at radius 3 is 2.45 bits per heavy atom. The Kier molecular flexibility index (Phi) is 5.51. The normalized spacial score (nSPS) is 13.0. The van der Waals surface area contributed by atoms with Crippen LogP contribution in [-0.2, 0) is 14.6 Å². The average Bonchev–Trinajstić information content (AvgIpc) is 2.38. The molecule has 110 valence electrons. The number of carbonyl (C=O) groups is 1. The SMILES string of the molecule is C=CCS(=O)(=O)C(C)C(=O)Nc1ccccc1C(C)C. The highest BCUT2D eigenvalue weighted by Gasteiger charge is 2.27. The molecule has 1 N–H and O–H groups in total. The number of anilines is 1. The summed E-state index contributed by atoms with van der Waals surface area (Å²) in [7, 11) is -3.49. The Balaban J connectivity index is 2.94. The van der Waals surface area contributed by atoms with Crippen LogP contribution in [0.1, 0.15) is 32.3 Å². The molecule has 0 aliphatic rings. The molecule has 0 fully saturated rings. The number of rotatable bonds is 6. The highest BCUT2D eigenvalue weighted by molar-refractivity contribution is 7.92. The molecule has 4 nitrogen and oxygen atoms in total. The fourth-order valence-corrected chi connectivity index (χ4v) is 2.82. The van der Waals surface area contributed by atoms with Gasteiger partial charge in [-0.2, -0.15) is 0 Å². The van der Waals surface area contributed by atoms with Crippen molar-refractivity contribution in [1.29, 1.82) is 0 Å². The number of hydrogen-bond donors (Lipinski definition) is 1. The van der Waals surface area contributed by atoms with Crippen molar-refractivity contribution in [2.24, 2.45) is 0 Å². The molecule has 0 aromatic heterocycles. The van der Waals surface area contributed by atoms with Gasteiger partial charge in [0.05, 0.1) is 5.75 Å². The number of benzene rings is 1. The Labute approximate surface area is 120 Å². The third-order valence-electron chi connectivity index (χ3n) is 3.10. The molecule has 5 heteroatoms. The fraction of sp³-hybridized carbons (Fsp3) is 0.400. The molecule has 0 aliphatic carbocycles. The molecular weight excluding hydrogens is 274 g/mol. The van der Waals surface area contributed by atoms with E-state index in [4.69, 9.17) is 0 Å². The standard InChI is InChI=1S/C15H21NO3S/c1-5-10-20(18,19)12(4)15(17)16-14-9-7-6-8-13(14)11(2)3/h5-9,11-12H,1,10H2,2-4H3,(H,16,17). The molecule has 0 aliphatic heterocycles. The molecule has 0 radical (unpaired) electrons. The second kappa shape index (κ2) is 6.70. The number of para-hydroxylation sites is 1. The van der Waals surface area contributed by atoms with E-state index in [0.717, 1.165) is 5.56 Å². The molecule has 1 aromatic rings. The molecule has 0 spiro atoms. The van der Waals surface area contributed by atoms with Crippen molar-refractivity contribution in [2.75, 3.05) is 11.1 Å².